The van der Waals surface area contributed by atoms with Crippen LogP contribution in [0.25, 0.3) is 0 Å². The van der Waals surface area contributed by atoms with Gasteiger partial charge in [0, 0.05) is 19.7 Å². The summed E-state index contributed by atoms with van der Waals surface area (Å²) in [7, 11) is 0.702. The molecule has 0 bridgehead atoms. The Kier molecular flexibility index (Phi) is 6.10. The molecule has 8 heteroatoms. The maximum absolute atomic E-state index is 12.7. The van der Waals surface area contributed by atoms with Crippen LogP contribution in [-0.2, 0) is 16.6 Å². The number of ether oxygens (including phenoxy) is 2. The first-order valence-electron chi connectivity index (χ1n) is 7.80. The molecular weight excluding hydrogens is 356 g/mol. The van der Waals surface area contributed by atoms with Crippen LogP contribution in [-0.4, -0.2) is 41.8 Å². The van der Waals surface area contributed by atoms with Gasteiger partial charge in [0.2, 0.25) is 10.0 Å². The lowest BCUT2D eigenvalue weighted by molar-refractivity contribution is 0.0951. The summed E-state index contributed by atoms with van der Waals surface area (Å²) in [4.78, 5) is 12.7. The van der Waals surface area contributed by atoms with Crippen molar-refractivity contribution in [1.29, 1.82) is 0 Å². The fourth-order valence-corrected chi connectivity index (χ4v) is 2.87. The van der Waals surface area contributed by atoms with Gasteiger partial charge in [0.05, 0.1) is 31.7 Å². The molecule has 0 aromatic heterocycles. The molecule has 0 spiro atoms. The van der Waals surface area contributed by atoms with Crippen molar-refractivity contribution in [1.82, 2.24) is 5.32 Å². The highest BCUT2D eigenvalue weighted by Crippen LogP contribution is 2.35. The molecule has 0 unspecified atom stereocenters. The molecular formula is C18H22N2O5S. The van der Waals surface area contributed by atoms with Gasteiger partial charge in [0.15, 0.2) is 11.5 Å². The van der Waals surface area contributed by atoms with Crippen LogP contribution in [0.2, 0.25) is 0 Å². The van der Waals surface area contributed by atoms with E-state index in [0.29, 0.717) is 18.0 Å². The summed E-state index contributed by atoms with van der Waals surface area (Å²) in [5.74, 6) is 0.251. The number of amides is 1. The van der Waals surface area contributed by atoms with Gasteiger partial charge in [-0.15, -0.1) is 0 Å². The number of rotatable bonds is 7. The molecule has 2 aromatic rings. The Bertz CT molecular complexity index is 882. The summed E-state index contributed by atoms with van der Waals surface area (Å²) in [5.41, 5.74) is 1.31. The maximum atomic E-state index is 12.7. The van der Waals surface area contributed by atoms with Crippen LogP contribution in [0, 0.1) is 0 Å². The molecule has 7 nitrogen and oxygen atoms in total. The molecule has 2 rings (SSSR count). The second-order valence-electron chi connectivity index (χ2n) is 5.62. The van der Waals surface area contributed by atoms with E-state index < -0.39 is 15.9 Å². The van der Waals surface area contributed by atoms with Gasteiger partial charge in [-0.05, 0) is 11.6 Å². The highest BCUT2D eigenvalue weighted by atomic mass is 32.2. The summed E-state index contributed by atoms with van der Waals surface area (Å²) < 4.78 is 35.4. The van der Waals surface area contributed by atoms with Crippen LogP contribution in [0.15, 0.2) is 42.5 Å². The van der Waals surface area contributed by atoms with Gasteiger partial charge < -0.3 is 14.8 Å². The van der Waals surface area contributed by atoms with Gasteiger partial charge in [-0.25, -0.2) is 8.42 Å². The molecule has 140 valence electrons. The SMILES string of the molecule is COc1cc(C(=O)NCc2ccccc2)c(N(C)S(C)(=O)=O)cc1OC. The summed E-state index contributed by atoms with van der Waals surface area (Å²) in [6.45, 7) is 0.316. The van der Waals surface area contributed by atoms with Gasteiger partial charge in [-0.2, -0.15) is 0 Å². The third-order valence-corrected chi connectivity index (χ3v) is 5.07. The average molecular weight is 378 g/mol. The Hall–Kier alpha value is -2.74. The Morgan fingerprint density at radius 2 is 1.65 bits per heavy atom. The Morgan fingerprint density at radius 1 is 1.08 bits per heavy atom. The molecule has 0 radical (unpaired) electrons. The fraction of sp³-hybridized carbons (Fsp3) is 0.278. The number of anilines is 1. The Balaban J connectivity index is 2.42. The van der Waals surface area contributed by atoms with Crippen molar-refractivity contribution in [3.8, 4) is 11.5 Å². The van der Waals surface area contributed by atoms with Crippen molar-refractivity contribution in [2.24, 2.45) is 0 Å². The van der Waals surface area contributed by atoms with Crippen molar-refractivity contribution >= 4 is 21.6 Å². The predicted molar refractivity (Wildman–Crippen MR) is 100 cm³/mol. The van der Waals surface area contributed by atoms with E-state index in [0.717, 1.165) is 16.1 Å². The van der Waals surface area contributed by atoms with E-state index in [1.54, 1.807) is 0 Å². The number of methoxy groups -OCH3 is 2. The molecule has 0 saturated carbocycles. The molecule has 0 saturated heterocycles. The fourth-order valence-electron chi connectivity index (χ4n) is 2.36. The molecule has 0 heterocycles. The van der Waals surface area contributed by atoms with Gasteiger partial charge in [0.1, 0.15) is 0 Å². The summed E-state index contributed by atoms with van der Waals surface area (Å²) in [5, 5.41) is 2.79. The van der Waals surface area contributed by atoms with E-state index in [4.69, 9.17) is 9.47 Å². The van der Waals surface area contributed by atoms with Crippen LogP contribution in [0.1, 0.15) is 15.9 Å². The van der Waals surface area contributed by atoms with E-state index in [9.17, 15) is 13.2 Å². The summed E-state index contributed by atoms with van der Waals surface area (Å²) in [6, 6.07) is 12.4. The molecule has 0 aliphatic heterocycles. The molecule has 0 atom stereocenters. The largest absolute Gasteiger partial charge is 0.493 e. The number of hydrogen-bond acceptors (Lipinski definition) is 5. The number of carbonyl (C=O) groups excluding carboxylic acids is 1. The zero-order valence-corrected chi connectivity index (χ0v) is 16.0. The number of hydrogen-bond donors (Lipinski definition) is 1. The maximum Gasteiger partial charge on any atom is 0.253 e. The summed E-state index contributed by atoms with van der Waals surface area (Å²) >= 11 is 0. The Labute approximate surface area is 153 Å². The van der Waals surface area contributed by atoms with E-state index >= 15 is 0 Å². The van der Waals surface area contributed by atoms with Gasteiger partial charge >= 0.3 is 0 Å². The number of nitrogens with one attached hydrogen (secondary N) is 1. The second kappa shape index (κ2) is 8.09. The molecule has 0 aliphatic rings. The van der Waals surface area contributed by atoms with Crippen LogP contribution >= 0.6 is 0 Å². The number of benzene rings is 2. The topological polar surface area (TPSA) is 84.9 Å². The average Bonchev–Trinajstić information content (AvgIpc) is 2.64. The minimum atomic E-state index is -3.57. The lowest BCUT2D eigenvalue weighted by atomic mass is 10.1. The molecule has 0 aliphatic carbocycles. The van der Waals surface area contributed by atoms with Gasteiger partial charge in [-0.1, -0.05) is 30.3 Å². The first-order valence-corrected chi connectivity index (χ1v) is 9.64. The van der Waals surface area contributed by atoms with E-state index in [1.807, 2.05) is 30.3 Å². The zero-order chi connectivity index (χ0) is 19.3. The molecule has 0 fully saturated rings. The van der Waals surface area contributed by atoms with Crippen LogP contribution in [0.4, 0.5) is 5.69 Å². The first kappa shape index (κ1) is 19.6. The molecule has 1 N–H and O–H groups in total. The van der Waals surface area contributed by atoms with Crippen molar-refractivity contribution in [3.05, 3.63) is 53.6 Å². The van der Waals surface area contributed by atoms with Crippen molar-refractivity contribution in [2.75, 3.05) is 31.8 Å². The molecule has 26 heavy (non-hydrogen) atoms. The molecule has 2 aromatic carbocycles. The number of carbonyl (C=O) groups is 1. The normalized spacial score (nSPS) is 10.9. The van der Waals surface area contributed by atoms with E-state index in [1.165, 1.54) is 33.4 Å². The quantitative estimate of drug-likeness (QED) is 0.797. The van der Waals surface area contributed by atoms with Gasteiger partial charge in [0.25, 0.3) is 5.91 Å². The second-order valence-corrected chi connectivity index (χ2v) is 7.64. The smallest absolute Gasteiger partial charge is 0.253 e. The number of sulfonamides is 1. The van der Waals surface area contributed by atoms with Crippen LogP contribution in [0.3, 0.4) is 0 Å². The van der Waals surface area contributed by atoms with Crippen molar-refractivity contribution < 1.29 is 22.7 Å². The standard InChI is InChI=1S/C18H22N2O5S/c1-20(26(4,22)23)15-11-17(25-3)16(24-2)10-14(15)18(21)19-12-13-8-6-5-7-9-13/h5-11H,12H2,1-4H3,(H,19,21). The highest BCUT2D eigenvalue weighted by molar-refractivity contribution is 7.92. The molecule has 1 amide bonds. The lowest BCUT2D eigenvalue weighted by Crippen LogP contribution is -2.30. The minimum Gasteiger partial charge on any atom is -0.493 e. The van der Waals surface area contributed by atoms with Crippen molar-refractivity contribution in [2.45, 2.75) is 6.54 Å². The van der Waals surface area contributed by atoms with Crippen LogP contribution < -0.4 is 19.1 Å². The third kappa shape index (κ3) is 4.45. The predicted octanol–water partition coefficient (Wildman–Crippen LogP) is 2.03. The Morgan fingerprint density at radius 3 is 2.19 bits per heavy atom. The summed E-state index contributed by atoms with van der Waals surface area (Å²) in [6.07, 6.45) is 1.06. The lowest BCUT2D eigenvalue weighted by Gasteiger charge is -2.22. The third-order valence-electron chi connectivity index (χ3n) is 3.88. The highest BCUT2D eigenvalue weighted by Gasteiger charge is 2.23. The van der Waals surface area contributed by atoms with Crippen LogP contribution in [0.5, 0.6) is 11.5 Å². The van der Waals surface area contributed by atoms with Crippen molar-refractivity contribution in [3.63, 3.8) is 0 Å². The minimum absolute atomic E-state index is 0.173. The monoisotopic (exact) mass is 378 g/mol. The van der Waals surface area contributed by atoms with E-state index in [-0.39, 0.29) is 11.3 Å². The zero-order valence-electron chi connectivity index (χ0n) is 15.1. The number of nitrogens with zero attached hydrogens (tertiary/aromatic N) is 1. The first-order chi connectivity index (χ1) is 12.3. The van der Waals surface area contributed by atoms with E-state index in [2.05, 4.69) is 5.32 Å². The van der Waals surface area contributed by atoms with Gasteiger partial charge in [-0.3, -0.25) is 9.10 Å².